The zero-order valence-corrected chi connectivity index (χ0v) is 31.0. The highest BCUT2D eigenvalue weighted by molar-refractivity contribution is 6.09. The van der Waals surface area contributed by atoms with Gasteiger partial charge in [0.05, 0.1) is 22.4 Å². The summed E-state index contributed by atoms with van der Waals surface area (Å²) >= 11 is 0. The zero-order chi connectivity index (χ0) is 37.7. The number of nitrogens with zero attached hydrogens (tertiary/aromatic N) is 3. The smallest absolute Gasteiger partial charge is 0.160 e. The number of rotatable bonds is 6. The molecule has 0 N–H and O–H groups in total. The van der Waals surface area contributed by atoms with Gasteiger partial charge in [-0.25, -0.2) is 9.97 Å². The largest absolute Gasteiger partial charge is 0.309 e. The Morgan fingerprint density at radius 1 is 0.298 bits per heavy atom. The molecule has 11 rings (SSSR count). The van der Waals surface area contributed by atoms with Gasteiger partial charge >= 0.3 is 0 Å². The van der Waals surface area contributed by atoms with Crippen LogP contribution in [0.15, 0.2) is 212 Å². The molecule has 2 aromatic heterocycles. The van der Waals surface area contributed by atoms with Crippen molar-refractivity contribution in [2.24, 2.45) is 0 Å². The second kappa shape index (κ2) is 13.6. The van der Waals surface area contributed by atoms with Gasteiger partial charge in [-0.3, -0.25) is 0 Å². The summed E-state index contributed by atoms with van der Waals surface area (Å²) in [5.74, 6) is 0.704. The topological polar surface area (TPSA) is 30.7 Å². The molecule has 0 unspecified atom stereocenters. The van der Waals surface area contributed by atoms with E-state index < -0.39 is 0 Å². The van der Waals surface area contributed by atoms with Crippen LogP contribution in [0.1, 0.15) is 0 Å². The maximum atomic E-state index is 5.19. The van der Waals surface area contributed by atoms with Gasteiger partial charge in [-0.1, -0.05) is 182 Å². The first-order valence-electron chi connectivity index (χ1n) is 19.4. The average Bonchev–Trinajstić information content (AvgIpc) is 3.63. The number of benzene rings is 9. The van der Waals surface area contributed by atoms with Crippen molar-refractivity contribution in [1.82, 2.24) is 14.5 Å². The standard InChI is InChI=1S/C54H35N3/c1-2-14-39(15-3-1)50-35-51(47-22-12-16-36-13-4-5-17-42(36)47)56-54(55-50)40-27-25-37(26-28-40)43-33-34-44(46-19-7-6-18-45(43)46)38-29-31-41(32-30-38)57-52-23-10-8-20-48(52)49-21-9-11-24-53(49)57/h1-35H. The predicted molar refractivity (Wildman–Crippen MR) is 239 cm³/mol. The van der Waals surface area contributed by atoms with Crippen LogP contribution >= 0.6 is 0 Å². The fraction of sp³-hybridized carbons (Fsp3) is 0. The summed E-state index contributed by atoms with van der Waals surface area (Å²) in [4.78, 5) is 10.3. The molecule has 3 heteroatoms. The highest BCUT2D eigenvalue weighted by Crippen LogP contribution is 2.38. The van der Waals surface area contributed by atoms with Gasteiger partial charge in [-0.05, 0) is 74.1 Å². The molecular formula is C54H35N3. The fourth-order valence-electron chi connectivity index (χ4n) is 8.51. The Labute approximate surface area is 330 Å². The highest BCUT2D eigenvalue weighted by atomic mass is 15.0. The third kappa shape index (κ3) is 5.68. The Kier molecular flexibility index (Phi) is 7.82. The summed E-state index contributed by atoms with van der Waals surface area (Å²) < 4.78 is 2.37. The van der Waals surface area contributed by atoms with Crippen LogP contribution in [0.5, 0.6) is 0 Å². The molecule has 0 aliphatic heterocycles. The quantitative estimate of drug-likeness (QED) is 0.171. The van der Waals surface area contributed by atoms with E-state index in [2.05, 4.69) is 211 Å². The van der Waals surface area contributed by atoms with Crippen LogP contribution in [-0.4, -0.2) is 14.5 Å². The van der Waals surface area contributed by atoms with Crippen LogP contribution in [0.4, 0.5) is 0 Å². The van der Waals surface area contributed by atoms with Crippen molar-refractivity contribution >= 4 is 43.4 Å². The van der Waals surface area contributed by atoms with Crippen LogP contribution in [0, 0.1) is 0 Å². The summed E-state index contributed by atoms with van der Waals surface area (Å²) in [6, 6.07) is 75.7. The number of hydrogen-bond acceptors (Lipinski definition) is 2. The molecule has 3 nitrogen and oxygen atoms in total. The maximum Gasteiger partial charge on any atom is 0.160 e. The lowest BCUT2D eigenvalue weighted by atomic mass is 9.91. The lowest BCUT2D eigenvalue weighted by Gasteiger charge is -2.14. The van der Waals surface area contributed by atoms with E-state index in [-0.39, 0.29) is 0 Å². The first-order valence-corrected chi connectivity index (χ1v) is 19.4. The van der Waals surface area contributed by atoms with Gasteiger partial charge in [0.15, 0.2) is 5.82 Å². The Morgan fingerprint density at radius 2 is 0.789 bits per heavy atom. The number of hydrogen-bond donors (Lipinski definition) is 0. The third-order valence-corrected chi connectivity index (χ3v) is 11.3. The van der Waals surface area contributed by atoms with Gasteiger partial charge in [0, 0.05) is 33.2 Å². The summed E-state index contributed by atoms with van der Waals surface area (Å²) in [5.41, 5.74) is 13.3. The van der Waals surface area contributed by atoms with Crippen LogP contribution < -0.4 is 0 Å². The molecule has 11 aromatic rings. The van der Waals surface area contributed by atoms with Crippen molar-refractivity contribution in [2.45, 2.75) is 0 Å². The molecule has 0 radical (unpaired) electrons. The van der Waals surface area contributed by atoms with E-state index in [1.807, 2.05) is 6.07 Å². The summed E-state index contributed by atoms with van der Waals surface area (Å²) in [7, 11) is 0. The normalized spacial score (nSPS) is 11.5. The maximum absolute atomic E-state index is 5.19. The molecule has 0 saturated heterocycles. The van der Waals surface area contributed by atoms with E-state index in [1.165, 1.54) is 60.0 Å². The first-order chi connectivity index (χ1) is 28.3. The van der Waals surface area contributed by atoms with E-state index in [0.29, 0.717) is 5.82 Å². The molecule has 0 fully saturated rings. The third-order valence-electron chi connectivity index (χ3n) is 11.3. The van der Waals surface area contributed by atoms with E-state index in [0.717, 1.165) is 39.3 Å². The molecule has 0 aliphatic rings. The lowest BCUT2D eigenvalue weighted by Crippen LogP contribution is -1.96. The number of para-hydroxylation sites is 2. The van der Waals surface area contributed by atoms with E-state index in [1.54, 1.807) is 0 Å². The Morgan fingerprint density at radius 3 is 1.44 bits per heavy atom. The molecule has 2 heterocycles. The van der Waals surface area contributed by atoms with Crippen LogP contribution in [0.2, 0.25) is 0 Å². The van der Waals surface area contributed by atoms with Crippen LogP contribution in [-0.2, 0) is 0 Å². The minimum atomic E-state index is 0.704. The van der Waals surface area contributed by atoms with Gasteiger partial charge in [-0.2, -0.15) is 0 Å². The molecule has 0 aliphatic carbocycles. The van der Waals surface area contributed by atoms with Crippen molar-refractivity contribution in [1.29, 1.82) is 0 Å². The monoisotopic (exact) mass is 725 g/mol. The SMILES string of the molecule is c1ccc(-c2cc(-c3cccc4ccccc34)nc(-c3ccc(-c4ccc(-c5ccc(-n6c7ccccc7c7ccccc76)cc5)c5ccccc45)cc3)n2)cc1. The minimum absolute atomic E-state index is 0.704. The predicted octanol–water partition coefficient (Wildman–Crippen LogP) is 14.2. The zero-order valence-electron chi connectivity index (χ0n) is 31.0. The fourth-order valence-corrected chi connectivity index (χ4v) is 8.51. The van der Waals surface area contributed by atoms with Gasteiger partial charge in [-0.15, -0.1) is 0 Å². The van der Waals surface area contributed by atoms with Crippen molar-refractivity contribution in [3.05, 3.63) is 212 Å². The van der Waals surface area contributed by atoms with Crippen LogP contribution in [0.3, 0.4) is 0 Å². The second-order valence-corrected chi connectivity index (χ2v) is 14.6. The van der Waals surface area contributed by atoms with Gasteiger partial charge in [0.2, 0.25) is 0 Å². The van der Waals surface area contributed by atoms with Crippen molar-refractivity contribution in [3.63, 3.8) is 0 Å². The first kappa shape index (κ1) is 32.8. The molecule has 266 valence electrons. The molecule has 0 atom stereocenters. The van der Waals surface area contributed by atoms with Crippen molar-refractivity contribution in [3.8, 4) is 61.8 Å². The lowest BCUT2D eigenvalue weighted by molar-refractivity contribution is 1.18. The molecule has 0 saturated carbocycles. The summed E-state index contributed by atoms with van der Waals surface area (Å²) in [5, 5.41) is 7.34. The average molecular weight is 726 g/mol. The molecule has 0 amide bonds. The Hall–Kier alpha value is -7.62. The minimum Gasteiger partial charge on any atom is -0.309 e. The van der Waals surface area contributed by atoms with Crippen molar-refractivity contribution in [2.75, 3.05) is 0 Å². The molecule has 0 spiro atoms. The number of aromatic nitrogens is 3. The number of fused-ring (bicyclic) bond motifs is 5. The molecular weight excluding hydrogens is 691 g/mol. The van der Waals surface area contributed by atoms with Gasteiger partial charge in [0.25, 0.3) is 0 Å². The van der Waals surface area contributed by atoms with Gasteiger partial charge < -0.3 is 4.57 Å². The molecule has 9 aromatic carbocycles. The molecule has 57 heavy (non-hydrogen) atoms. The van der Waals surface area contributed by atoms with Crippen molar-refractivity contribution < 1.29 is 0 Å². The second-order valence-electron chi connectivity index (χ2n) is 14.6. The summed E-state index contributed by atoms with van der Waals surface area (Å²) in [6.45, 7) is 0. The van der Waals surface area contributed by atoms with E-state index >= 15 is 0 Å². The summed E-state index contributed by atoms with van der Waals surface area (Å²) in [6.07, 6.45) is 0. The van der Waals surface area contributed by atoms with Crippen LogP contribution in [0.25, 0.3) is 105 Å². The Bertz CT molecular complexity index is 3210. The van der Waals surface area contributed by atoms with E-state index in [9.17, 15) is 0 Å². The Balaban J connectivity index is 0.962. The van der Waals surface area contributed by atoms with Gasteiger partial charge in [0.1, 0.15) is 0 Å². The highest BCUT2D eigenvalue weighted by Gasteiger charge is 2.16. The van der Waals surface area contributed by atoms with E-state index in [4.69, 9.17) is 9.97 Å². The molecule has 0 bridgehead atoms.